The Hall–Kier alpha value is -1.39. The van der Waals surface area contributed by atoms with E-state index in [-0.39, 0.29) is 12.3 Å². The predicted molar refractivity (Wildman–Crippen MR) is 48.7 cm³/mol. The molecule has 1 aliphatic heterocycles. The lowest BCUT2D eigenvalue weighted by molar-refractivity contribution is -0.196. The highest BCUT2D eigenvalue weighted by atomic mass is 16.7. The number of nitrogens with zero attached hydrogens (tertiary/aromatic N) is 1. The molecular formula is C9H15NO4. The van der Waals surface area contributed by atoms with Crippen molar-refractivity contribution in [2.75, 3.05) is 0 Å². The zero-order valence-electron chi connectivity index (χ0n) is 8.86. The van der Waals surface area contributed by atoms with Crippen molar-refractivity contribution < 1.29 is 19.2 Å². The average molecular weight is 201 g/mol. The standard InChI is InChI=1S/C7H9NO4.C2H6/c1-4-3-6(10)8(7(4)11)12-5(2)9;1-2/h4H,3H2,1-2H3;1-2H3. The summed E-state index contributed by atoms with van der Waals surface area (Å²) in [6.45, 7) is 6.76. The zero-order chi connectivity index (χ0) is 11.3. The molecule has 0 radical (unpaired) electrons. The van der Waals surface area contributed by atoms with E-state index >= 15 is 0 Å². The van der Waals surface area contributed by atoms with E-state index in [0.717, 1.165) is 6.92 Å². The van der Waals surface area contributed by atoms with Crippen molar-refractivity contribution in [1.29, 1.82) is 0 Å². The van der Waals surface area contributed by atoms with Crippen molar-refractivity contribution in [3.8, 4) is 0 Å². The van der Waals surface area contributed by atoms with Crippen LogP contribution in [0.4, 0.5) is 0 Å². The predicted octanol–water partition coefficient (Wildman–Crippen LogP) is 0.886. The lowest BCUT2D eigenvalue weighted by Gasteiger charge is -2.10. The molecule has 0 aromatic rings. The molecule has 1 unspecified atom stereocenters. The van der Waals surface area contributed by atoms with Crippen LogP contribution in [-0.4, -0.2) is 22.8 Å². The number of rotatable bonds is 1. The van der Waals surface area contributed by atoms with Crippen molar-refractivity contribution in [2.24, 2.45) is 5.92 Å². The molecule has 0 aromatic carbocycles. The van der Waals surface area contributed by atoms with E-state index < -0.39 is 17.8 Å². The topological polar surface area (TPSA) is 63.7 Å². The zero-order valence-corrected chi connectivity index (χ0v) is 8.86. The van der Waals surface area contributed by atoms with Crippen LogP contribution in [0.2, 0.25) is 0 Å². The van der Waals surface area contributed by atoms with Gasteiger partial charge in [-0.3, -0.25) is 9.59 Å². The molecule has 1 fully saturated rings. The first kappa shape index (κ1) is 12.6. The molecule has 1 heterocycles. The van der Waals surface area contributed by atoms with Crippen LogP contribution in [0.15, 0.2) is 0 Å². The van der Waals surface area contributed by atoms with Crippen LogP contribution in [0.25, 0.3) is 0 Å². The van der Waals surface area contributed by atoms with Gasteiger partial charge in [-0.15, -0.1) is 5.06 Å². The third-order valence-electron chi connectivity index (χ3n) is 1.55. The molecule has 1 atom stereocenters. The van der Waals surface area contributed by atoms with E-state index in [0.29, 0.717) is 5.06 Å². The SMILES string of the molecule is CC.CC(=O)ON1C(=O)CC(C)C1=O. The molecule has 1 aliphatic rings. The second kappa shape index (κ2) is 5.36. The first-order valence-electron chi connectivity index (χ1n) is 4.57. The minimum absolute atomic E-state index is 0.117. The molecule has 80 valence electrons. The van der Waals surface area contributed by atoms with E-state index in [9.17, 15) is 14.4 Å². The van der Waals surface area contributed by atoms with E-state index in [4.69, 9.17) is 0 Å². The number of imide groups is 1. The van der Waals surface area contributed by atoms with Gasteiger partial charge in [0, 0.05) is 19.3 Å². The molecule has 0 N–H and O–H groups in total. The van der Waals surface area contributed by atoms with Crippen molar-refractivity contribution in [2.45, 2.75) is 34.1 Å². The van der Waals surface area contributed by atoms with Crippen molar-refractivity contribution in [3.05, 3.63) is 0 Å². The maximum Gasteiger partial charge on any atom is 0.330 e. The van der Waals surface area contributed by atoms with Gasteiger partial charge in [0.1, 0.15) is 0 Å². The highest BCUT2D eigenvalue weighted by molar-refractivity contribution is 6.02. The molecule has 1 saturated heterocycles. The summed E-state index contributed by atoms with van der Waals surface area (Å²) in [5.74, 6) is -1.94. The second-order valence-electron chi connectivity index (χ2n) is 2.71. The maximum absolute atomic E-state index is 11.1. The molecule has 14 heavy (non-hydrogen) atoms. The van der Waals surface area contributed by atoms with Crippen LogP contribution >= 0.6 is 0 Å². The Morgan fingerprint density at radius 1 is 1.43 bits per heavy atom. The lowest BCUT2D eigenvalue weighted by Crippen LogP contribution is -2.32. The largest absolute Gasteiger partial charge is 0.331 e. The first-order valence-corrected chi connectivity index (χ1v) is 4.57. The van der Waals surface area contributed by atoms with Gasteiger partial charge in [-0.2, -0.15) is 0 Å². The Morgan fingerprint density at radius 3 is 2.21 bits per heavy atom. The molecule has 0 spiro atoms. The summed E-state index contributed by atoms with van der Waals surface area (Å²) in [6.07, 6.45) is 0.117. The molecule has 2 amide bonds. The Kier molecular flexibility index (Phi) is 4.83. The Labute approximate surface area is 83.0 Å². The van der Waals surface area contributed by atoms with Gasteiger partial charge < -0.3 is 4.84 Å². The van der Waals surface area contributed by atoms with Crippen LogP contribution < -0.4 is 0 Å². The van der Waals surface area contributed by atoms with Gasteiger partial charge in [-0.1, -0.05) is 20.8 Å². The molecule has 0 aliphatic carbocycles. The van der Waals surface area contributed by atoms with Gasteiger partial charge in [0.2, 0.25) is 0 Å². The smallest absolute Gasteiger partial charge is 0.330 e. The summed E-state index contributed by atoms with van der Waals surface area (Å²) in [5, 5.41) is 0.535. The quantitative estimate of drug-likeness (QED) is 0.591. The molecule has 1 rings (SSSR count). The summed E-state index contributed by atoms with van der Waals surface area (Å²) < 4.78 is 0. The van der Waals surface area contributed by atoms with Crippen LogP contribution in [0.5, 0.6) is 0 Å². The minimum Gasteiger partial charge on any atom is -0.331 e. The van der Waals surface area contributed by atoms with E-state index in [1.54, 1.807) is 6.92 Å². The molecule has 5 nitrogen and oxygen atoms in total. The van der Waals surface area contributed by atoms with Gasteiger partial charge >= 0.3 is 5.97 Å². The molecule has 5 heteroatoms. The Bertz CT molecular complexity index is 249. The second-order valence-corrected chi connectivity index (χ2v) is 2.71. The van der Waals surface area contributed by atoms with Crippen LogP contribution in [-0.2, 0) is 19.2 Å². The Balaban J connectivity index is 0.000000791. The van der Waals surface area contributed by atoms with Gasteiger partial charge in [-0.25, -0.2) is 4.79 Å². The van der Waals surface area contributed by atoms with Gasteiger partial charge in [0.15, 0.2) is 0 Å². The van der Waals surface area contributed by atoms with Crippen molar-refractivity contribution in [1.82, 2.24) is 5.06 Å². The monoisotopic (exact) mass is 201 g/mol. The number of amides is 2. The summed E-state index contributed by atoms with van der Waals surface area (Å²) in [5.41, 5.74) is 0. The fourth-order valence-corrected chi connectivity index (χ4v) is 0.980. The maximum atomic E-state index is 11.1. The van der Waals surface area contributed by atoms with E-state index in [1.807, 2.05) is 13.8 Å². The molecular weight excluding hydrogens is 186 g/mol. The third kappa shape index (κ3) is 2.83. The highest BCUT2D eigenvalue weighted by Crippen LogP contribution is 2.18. The van der Waals surface area contributed by atoms with Gasteiger partial charge in [-0.05, 0) is 0 Å². The Morgan fingerprint density at radius 2 is 1.93 bits per heavy atom. The first-order chi connectivity index (χ1) is 6.52. The average Bonchev–Trinajstić information content (AvgIpc) is 2.35. The number of carbonyl (C=O) groups excluding carboxylic acids is 3. The summed E-state index contributed by atoms with van der Waals surface area (Å²) in [4.78, 5) is 36.9. The third-order valence-corrected chi connectivity index (χ3v) is 1.55. The van der Waals surface area contributed by atoms with Crippen molar-refractivity contribution >= 4 is 17.8 Å². The van der Waals surface area contributed by atoms with Crippen molar-refractivity contribution in [3.63, 3.8) is 0 Å². The van der Waals surface area contributed by atoms with E-state index in [1.165, 1.54) is 0 Å². The molecule has 0 bridgehead atoms. The summed E-state index contributed by atoms with van der Waals surface area (Å²) in [7, 11) is 0. The fraction of sp³-hybridized carbons (Fsp3) is 0.667. The van der Waals surface area contributed by atoms with Crippen LogP contribution in [0.3, 0.4) is 0 Å². The normalized spacial score (nSPS) is 20.3. The van der Waals surface area contributed by atoms with Gasteiger partial charge in [0.05, 0.1) is 0 Å². The van der Waals surface area contributed by atoms with Gasteiger partial charge in [0.25, 0.3) is 11.8 Å². The van der Waals surface area contributed by atoms with Crippen LogP contribution in [0.1, 0.15) is 34.1 Å². The summed E-state index contributed by atoms with van der Waals surface area (Å²) >= 11 is 0. The fourth-order valence-electron chi connectivity index (χ4n) is 0.980. The number of carbonyl (C=O) groups is 3. The minimum atomic E-state index is -0.661. The lowest BCUT2D eigenvalue weighted by atomic mass is 10.1. The van der Waals surface area contributed by atoms with Crippen LogP contribution in [0, 0.1) is 5.92 Å². The molecule has 0 aromatic heterocycles. The number of hydrogen-bond acceptors (Lipinski definition) is 4. The molecule has 0 saturated carbocycles. The number of hydroxylamine groups is 2. The highest BCUT2D eigenvalue weighted by Gasteiger charge is 2.38. The summed E-state index contributed by atoms with van der Waals surface area (Å²) in [6, 6.07) is 0. The van der Waals surface area contributed by atoms with E-state index in [2.05, 4.69) is 4.84 Å². The number of hydrogen-bond donors (Lipinski definition) is 0.